The number of hydrogen-bond donors (Lipinski definition) is 1. The Bertz CT molecular complexity index is 785. The number of allylic oxidation sites excluding steroid dienone is 1. The summed E-state index contributed by atoms with van der Waals surface area (Å²) in [6.45, 7) is 6.22. The standard InChI is InChI=1S/C21H26N2O4S/c1-4-7-12-28-20-15(13-22)17(14-10-8-9-11-16(14)26-5-2)18(19(24)23-20)21(25)27-6-3/h8-11,17-18H,4-7,12H2,1-3H3,(H,23,24)/t17-,18+/m0/s1. The third-order valence-corrected chi connectivity index (χ3v) is 5.47. The molecule has 0 saturated heterocycles. The van der Waals surface area contributed by atoms with E-state index in [1.54, 1.807) is 19.1 Å². The van der Waals surface area contributed by atoms with Gasteiger partial charge < -0.3 is 14.8 Å². The predicted molar refractivity (Wildman–Crippen MR) is 109 cm³/mol. The van der Waals surface area contributed by atoms with Gasteiger partial charge in [0.05, 0.1) is 29.9 Å². The number of rotatable bonds is 9. The largest absolute Gasteiger partial charge is 0.494 e. The highest BCUT2D eigenvalue weighted by Crippen LogP contribution is 2.43. The maximum absolute atomic E-state index is 12.9. The highest BCUT2D eigenvalue weighted by molar-refractivity contribution is 8.03. The van der Waals surface area contributed by atoms with E-state index >= 15 is 0 Å². The third kappa shape index (κ3) is 4.87. The molecular weight excluding hydrogens is 376 g/mol. The van der Waals surface area contributed by atoms with Crippen molar-refractivity contribution in [2.45, 2.75) is 39.5 Å². The van der Waals surface area contributed by atoms with Gasteiger partial charge in [0, 0.05) is 11.5 Å². The lowest BCUT2D eigenvalue weighted by Gasteiger charge is -2.32. The van der Waals surface area contributed by atoms with Crippen molar-refractivity contribution in [3.63, 3.8) is 0 Å². The summed E-state index contributed by atoms with van der Waals surface area (Å²) < 4.78 is 10.9. The maximum Gasteiger partial charge on any atom is 0.319 e. The van der Waals surface area contributed by atoms with Gasteiger partial charge in [0.2, 0.25) is 5.91 Å². The molecule has 150 valence electrons. The number of hydrogen-bond acceptors (Lipinski definition) is 6. The first-order chi connectivity index (χ1) is 13.6. The van der Waals surface area contributed by atoms with Crippen molar-refractivity contribution in [1.82, 2.24) is 5.32 Å². The Morgan fingerprint density at radius 2 is 2.00 bits per heavy atom. The number of esters is 1. The topological polar surface area (TPSA) is 88.4 Å². The van der Waals surface area contributed by atoms with Gasteiger partial charge in [-0.1, -0.05) is 31.5 Å². The molecule has 0 aromatic heterocycles. The van der Waals surface area contributed by atoms with Crippen LogP contribution >= 0.6 is 11.8 Å². The number of benzene rings is 1. The van der Waals surface area contributed by atoms with Crippen LogP contribution in [-0.2, 0) is 14.3 Å². The van der Waals surface area contributed by atoms with Crippen molar-refractivity contribution in [2.75, 3.05) is 19.0 Å². The summed E-state index contributed by atoms with van der Waals surface area (Å²) in [5.41, 5.74) is 1.01. The number of unbranched alkanes of at least 4 members (excludes halogenated alkanes) is 1. The van der Waals surface area contributed by atoms with E-state index < -0.39 is 23.7 Å². The van der Waals surface area contributed by atoms with E-state index in [-0.39, 0.29) is 6.61 Å². The Morgan fingerprint density at radius 3 is 2.64 bits per heavy atom. The van der Waals surface area contributed by atoms with Crippen LogP contribution in [0.25, 0.3) is 0 Å². The highest BCUT2D eigenvalue weighted by Gasteiger charge is 2.45. The van der Waals surface area contributed by atoms with Crippen molar-refractivity contribution in [3.8, 4) is 11.8 Å². The molecular formula is C21H26N2O4S. The molecule has 1 aliphatic heterocycles. The van der Waals surface area contributed by atoms with E-state index in [0.717, 1.165) is 18.6 Å². The number of nitriles is 1. The van der Waals surface area contributed by atoms with Gasteiger partial charge in [-0.3, -0.25) is 9.59 Å². The second-order valence-electron chi connectivity index (χ2n) is 6.22. The van der Waals surface area contributed by atoms with Gasteiger partial charge in [-0.15, -0.1) is 11.8 Å². The number of para-hydroxylation sites is 1. The molecule has 0 aliphatic carbocycles. The van der Waals surface area contributed by atoms with Crippen molar-refractivity contribution in [3.05, 3.63) is 40.4 Å². The number of carbonyl (C=O) groups excluding carboxylic acids is 2. The number of amides is 1. The molecule has 0 bridgehead atoms. The van der Waals surface area contributed by atoms with Gasteiger partial charge in [-0.25, -0.2) is 0 Å². The summed E-state index contributed by atoms with van der Waals surface area (Å²) in [7, 11) is 0. The molecule has 0 unspecified atom stereocenters. The monoisotopic (exact) mass is 402 g/mol. The van der Waals surface area contributed by atoms with Gasteiger partial charge >= 0.3 is 5.97 Å². The Morgan fingerprint density at radius 1 is 1.25 bits per heavy atom. The first kappa shape index (κ1) is 21.8. The lowest BCUT2D eigenvalue weighted by atomic mass is 9.78. The minimum absolute atomic E-state index is 0.159. The van der Waals surface area contributed by atoms with Crippen LogP contribution < -0.4 is 10.1 Å². The fourth-order valence-corrected chi connectivity index (χ4v) is 4.24. The molecule has 28 heavy (non-hydrogen) atoms. The van der Waals surface area contributed by atoms with Crippen LogP contribution in [0.4, 0.5) is 0 Å². The minimum atomic E-state index is -1.13. The number of thioether (sulfide) groups is 1. The smallest absolute Gasteiger partial charge is 0.319 e. The molecule has 7 heteroatoms. The van der Waals surface area contributed by atoms with Gasteiger partial charge in [0.25, 0.3) is 0 Å². The third-order valence-electron chi connectivity index (χ3n) is 4.37. The number of ether oxygens (including phenoxy) is 2. The maximum atomic E-state index is 12.9. The SMILES string of the molecule is CCCCSC1=C(C#N)[C@H](c2ccccc2OCC)[C@@H](C(=O)OCC)C(=O)N1. The summed E-state index contributed by atoms with van der Waals surface area (Å²) in [5, 5.41) is 13.2. The molecule has 2 atom stereocenters. The zero-order valence-corrected chi connectivity index (χ0v) is 17.3. The van der Waals surface area contributed by atoms with Crippen LogP contribution in [0.15, 0.2) is 34.9 Å². The fraction of sp³-hybridized carbons (Fsp3) is 0.476. The summed E-state index contributed by atoms with van der Waals surface area (Å²) >= 11 is 1.44. The molecule has 0 radical (unpaired) electrons. The average molecular weight is 403 g/mol. The number of carbonyl (C=O) groups is 2. The zero-order valence-electron chi connectivity index (χ0n) is 16.5. The zero-order chi connectivity index (χ0) is 20.5. The molecule has 1 N–H and O–H groups in total. The van der Waals surface area contributed by atoms with Crippen LogP contribution in [0, 0.1) is 17.2 Å². The Labute approximate surface area is 170 Å². The van der Waals surface area contributed by atoms with Crippen LogP contribution in [0.1, 0.15) is 45.1 Å². The Hall–Kier alpha value is -2.46. The van der Waals surface area contributed by atoms with E-state index in [4.69, 9.17) is 9.47 Å². The molecule has 0 fully saturated rings. The predicted octanol–water partition coefficient (Wildman–Crippen LogP) is 3.75. The summed E-state index contributed by atoms with van der Waals surface area (Å²) in [6, 6.07) is 9.44. The van der Waals surface area contributed by atoms with Gasteiger partial charge in [-0.2, -0.15) is 5.26 Å². The van der Waals surface area contributed by atoms with Gasteiger partial charge in [-0.05, 0) is 32.1 Å². The average Bonchev–Trinajstić information content (AvgIpc) is 2.68. The van der Waals surface area contributed by atoms with Crippen LogP contribution in [0.2, 0.25) is 0 Å². The minimum Gasteiger partial charge on any atom is -0.494 e. The first-order valence-corrected chi connectivity index (χ1v) is 10.5. The van der Waals surface area contributed by atoms with Crippen LogP contribution in [-0.4, -0.2) is 30.8 Å². The second kappa shape index (κ2) is 10.8. The van der Waals surface area contributed by atoms with Crippen molar-refractivity contribution >= 4 is 23.6 Å². The lowest BCUT2D eigenvalue weighted by Crippen LogP contribution is -2.44. The molecule has 1 heterocycles. The fourth-order valence-electron chi connectivity index (χ4n) is 3.10. The van der Waals surface area contributed by atoms with E-state index in [1.807, 2.05) is 19.1 Å². The van der Waals surface area contributed by atoms with Crippen LogP contribution in [0.5, 0.6) is 5.75 Å². The second-order valence-corrected chi connectivity index (χ2v) is 7.33. The Balaban J connectivity index is 2.59. The first-order valence-electron chi connectivity index (χ1n) is 9.55. The molecule has 0 spiro atoms. The van der Waals surface area contributed by atoms with E-state index in [1.165, 1.54) is 11.8 Å². The molecule has 1 amide bonds. The van der Waals surface area contributed by atoms with Crippen LogP contribution in [0.3, 0.4) is 0 Å². The van der Waals surface area contributed by atoms with Crippen molar-refractivity contribution in [2.24, 2.45) is 5.92 Å². The summed E-state index contributed by atoms with van der Waals surface area (Å²) in [6.07, 6.45) is 1.97. The van der Waals surface area contributed by atoms with E-state index in [0.29, 0.717) is 28.5 Å². The molecule has 1 aliphatic rings. The van der Waals surface area contributed by atoms with Crippen molar-refractivity contribution in [1.29, 1.82) is 5.26 Å². The molecule has 0 saturated carbocycles. The van der Waals surface area contributed by atoms with Crippen molar-refractivity contribution < 1.29 is 19.1 Å². The number of nitrogens with zero attached hydrogens (tertiary/aromatic N) is 1. The summed E-state index contributed by atoms with van der Waals surface area (Å²) in [4.78, 5) is 25.5. The van der Waals surface area contributed by atoms with Gasteiger partial charge in [0.1, 0.15) is 11.7 Å². The molecule has 2 rings (SSSR count). The van der Waals surface area contributed by atoms with Gasteiger partial charge in [0.15, 0.2) is 0 Å². The van der Waals surface area contributed by atoms with E-state index in [2.05, 4.69) is 18.3 Å². The number of nitrogens with one attached hydrogen (secondary N) is 1. The lowest BCUT2D eigenvalue weighted by molar-refractivity contribution is -0.152. The normalized spacial score (nSPS) is 19.0. The summed E-state index contributed by atoms with van der Waals surface area (Å²) in [5.74, 6) is -1.63. The Kier molecular flexibility index (Phi) is 8.40. The van der Waals surface area contributed by atoms with E-state index in [9.17, 15) is 14.9 Å². The molecule has 1 aromatic carbocycles. The highest BCUT2D eigenvalue weighted by atomic mass is 32.2. The molecule has 1 aromatic rings. The molecule has 6 nitrogen and oxygen atoms in total. The quantitative estimate of drug-likeness (QED) is 0.384.